The van der Waals surface area contributed by atoms with Gasteiger partial charge in [0.1, 0.15) is 0 Å². The minimum absolute atomic E-state index is 0.204. The van der Waals surface area contributed by atoms with Crippen LogP contribution >= 0.6 is 0 Å². The van der Waals surface area contributed by atoms with Gasteiger partial charge in [-0.1, -0.05) is 12.1 Å². The Morgan fingerprint density at radius 1 is 1.19 bits per heavy atom. The van der Waals surface area contributed by atoms with Gasteiger partial charge < -0.3 is 16.4 Å². The van der Waals surface area contributed by atoms with Gasteiger partial charge in [-0.2, -0.15) is 10.1 Å². The highest BCUT2D eigenvalue weighted by atomic mass is 16.2. The lowest BCUT2D eigenvalue weighted by molar-refractivity contribution is -0.117. The number of aromatic nitrogens is 5. The van der Waals surface area contributed by atoms with Gasteiger partial charge in [0.2, 0.25) is 11.9 Å². The molecule has 1 fully saturated rings. The molecule has 5 N–H and O–H groups in total. The summed E-state index contributed by atoms with van der Waals surface area (Å²) >= 11 is 0. The van der Waals surface area contributed by atoms with Gasteiger partial charge in [-0.25, -0.2) is 4.68 Å². The number of aromatic amines is 1. The molecule has 1 aliphatic carbocycles. The van der Waals surface area contributed by atoms with Crippen molar-refractivity contribution < 1.29 is 9.59 Å². The highest BCUT2D eigenvalue weighted by Gasteiger charge is 2.29. The molecule has 0 spiro atoms. The number of nitrogens with two attached hydrogens (primary N) is 1. The molecule has 10 heteroatoms. The van der Waals surface area contributed by atoms with Gasteiger partial charge in [0, 0.05) is 29.2 Å². The van der Waals surface area contributed by atoms with Crippen LogP contribution in [0.1, 0.15) is 34.7 Å². The second-order valence-corrected chi connectivity index (χ2v) is 7.87. The average molecular weight is 430 g/mol. The molecule has 0 radical (unpaired) electrons. The molecule has 0 aliphatic heterocycles. The molecule has 0 atom stereocenters. The fourth-order valence-electron chi connectivity index (χ4n) is 3.74. The van der Waals surface area contributed by atoms with Crippen LogP contribution in [-0.4, -0.2) is 43.3 Å². The summed E-state index contributed by atoms with van der Waals surface area (Å²) in [7, 11) is 1.83. The Morgan fingerprint density at radius 2 is 1.97 bits per heavy atom. The van der Waals surface area contributed by atoms with Crippen molar-refractivity contribution >= 4 is 34.4 Å². The molecule has 162 valence electrons. The van der Waals surface area contributed by atoms with Crippen LogP contribution in [0.4, 0.5) is 11.6 Å². The Kier molecular flexibility index (Phi) is 4.81. The number of hydrogen-bond donors (Lipinski definition) is 4. The maximum atomic E-state index is 12.1. The molecule has 10 nitrogen and oxygen atoms in total. The number of anilines is 2. The highest BCUT2D eigenvalue weighted by molar-refractivity contribution is 5.96. The lowest BCUT2D eigenvalue weighted by Gasteiger charge is -2.11. The van der Waals surface area contributed by atoms with Crippen LogP contribution in [0.2, 0.25) is 0 Å². The maximum absolute atomic E-state index is 12.1. The summed E-state index contributed by atoms with van der Waals surface area (Å²) in [4.78, 5) is 27.5. The molecule has 2 aromatic heterocycles. The molecule has 0 unspecified atom stereocenters. The molecule has 2 heterocycles. The number of primary amides is 1. The first-order valence-electron chi connectivity index (χ1n) is 10.3. The number of hydrogen-bond acceptors (Lipinski definition) is 6. The summed E-state index contributed by atoms with van der Waals surface area (Å²) in [6, 6.07) is 10.9. The number of nitrogens with zero attached hydrogens (tertiary/aromatic N) is 4. The van der Waals surface area contributed by atoms with Gasteiger partial charge in [-0.3, -0.25) is 14.7 Å². The van der Waals surface area contributed by atoms with E-state index < -0.39 is 5.91 Å². The second-order valence-electron chi connectivity index (χ2n) is 7.87. The lowest BCUT2D eigenvalue weighted by atomic mass is 10.0. The first-order valence-corrected chi connectivity index (χ1v) is 10.3. The fraction of sp³-hybridized carbons (Fsp3) is 0.227. The van der Waals surface area contributed by atoms with Gasteiger partial charge in [0.15, 0.2) is 5.82 Å². The normalized spacial score (nSPS) is 13.3. The standard InChI is InChI=1S/C22H22N8O2/c1-30-22(26-17-9-8-16-15(10-25-28-16)19(17)12-2-3-12)27-20(29-30)13-4-6-14(7-5-13)21(32)24-11-18(23)31/h4-10,12H,2-3,11H2,1H3,(H2,23,31)(H,24,32)(H,25,28)(H,26,27,29). The number of carbonyl (C=O) groups excluding carboxylic acids is 2. The Morgan fingerprint density at radius 3 is 2.69 bits per heavy atom. The van der Waals surface area contributed by atoms with Gasteiger partial charge in [-0.15, -0.1) is 5.10 Å². The zero-order valence-electron chi connectivity index (χ0n) is 17.4. The van der Waals surface area contributed by atoms with Crippen LogP contribution in [0.15, 0.2) is 42.6 Å². The van der Waals surface area contributed by atoms with Crippen molar-refractivity contribution in [2.45, 2.75) is 18.8 Å². The molecule has 5 rings (SSSR count). The predicted octanol–water partition coefficient (Wildman–Crippen LogP) is 2.19. The smallest absolute Gasteiger partial charge is 0.251 e. The Hall–Kier alpha value is -4.21. The first-order chi connectivity index (χ1) is 15.5. The summed E-state index contributed by atoms with van der Waals surface area (Å²) in [5.74, 6) is 0.725. The third-order valence-electron chi connectivity index (χ3n) is 5.49. The summed E-state index contributed by atoms with van der Waals surface area (Å²) in [5.41, 5.74) is 9.54. The number of nitrogens with one attached hydrogen (secondary N) is 3. The number of carbonyl (C=O) groups is 2. The zero-order valence-corrected chi connectivity index (χ0v) is 17.4. The number of benzene rings is 2. The summed E-state index contributed by atoms with van der Waals surface area (Å²) in [6.45, 7) is -0.204. The van der Waals surface area contributed by atoms with Gasteiger partial charge >= 0.3 is 0 Å². The molecule has 1 aliphatic rings. The number of fused-ring (bicyclic) bond motifs is 1. The van der Waals surface area contributed by atoms with Crippen LogP contribution in [0.25, 0.3) is 22.3 Å². The third kappa shape index (κ3) is 3.78. The number of amides is 2. The number of rotatable bonds is 7. The van der Waals surface area contributed by atoms with Gasteiger partial charge in [-0.05, 0) is 48.6 Å². The minimum Gasteiger partial charge on any atom is -0.368 e. The van der Waals surface area contributed by atoms with Crippen LogP contribution in [0.3, 0.4) is 0 Å². The molecule has 0 bridgehead atoms. The summed E-state index contributed by atoms with van der Waals surface area (Å²) < 4.78 is 1.69. The van der Waals surface area contributed by atoms with E-state index in [0.717, 1.165) is 22.2 Å². The first kappa shape index (κ1) is 19.7. The van der Waals surface area contributed by atoms with E-state index in [9.17, 15) is 9.59 Å². The van der Waals surface area contributed by atoms with E-state index in [1.165, 1.54) is 18.4 Å². The van der Waals surface area contributed by atoms with E-state index in [1.54, 1.807) is 28.9 Å². The van der Waals surface area contributed by atoms with E-state index >= 15 is 0 Å². The molecule has 2 aromatic carbocycles. The Balaban J connectivity index is 1.38. The molecular weight excluding hydrogens is 408 g/mol. The van der Waals surface area contributed by atoms with Crippen molar-refractivity contribution in [1.82, 2.24) is 30.3 Å². The maximum Gasteiger partial charge on any atom is 0.251 e. The number of aryl methyl sites for hydroxylation is 1. The van der Waals surface area contributed by atoms with Crippen LogP contribution in [0.5, 0.6) is 0 Å². The minimum atomic E-state index is -0.593. The van der Waals surface area contributed by atoms with E-state index in [-0.39, 0.29) is 12.5 Å². The molecular formula is C22H22N8O2. The zero-order chi connectivity index (χ0) is 22.2. The lowest BCUT2D eigenvalue weighted by Crippen LogP contribution is -2.33. The molecule has 1 saturated carbocycles. The van der Waals surface area contributed by atoms with Gasteiger partial charge in [0.25, 0.3) is 5.91 Å². The van der Waals surface area contributed by atoms with Crippen molar-refractivity contribution in [3.05, 3.63) is 53.7 Å². The second kappa shape index (κ2) is 7.80. The summed E-state index contributed by atoms with van der Waals surface area (Å²) in [6.07, 6.45) is 4.21. The van der Waals surface area contributed by atoms with Crippen LogP contribution in [0, 0.1) is 0 Å². The Labute approximate surface area is 183 Å². The van der Waals surface area contributed by atoms with Crippen molar-refractivity contribution in [2.24, 2.45) is 12.8 Å². The summed E-state index contributed by atoms with van der Waals surface area (Å²) in [5, 5.41) is 18.8. The molecule has 2 amide bonds. The van der Waals surface area contributed by atoms with Crippen LogP contribution < -0.4 is 16.4 Å². The van der Waals surface area contributed by atoms with Crippen LogP contribution in [-0.2, 0) is 11.8 Å². The highest BCUT2D eigenvalue weighted by Crippen LogP contribution is 2.47. The molecule has 0 saturated heterocycles. The van der Waals surface area contributed by atoms with E-state index in [0.29, 0.717) is 23.3 Å². The quantitative estimate of drug-likeness (QED) is 0.354. The Bertz CT molecular complexity index is 1320. The van der Waals surface area contributed by atoms with Gasteiger partial charge in [0.05, 0.1) is 18.3 Å². The van der Waals surface area contributed by atoms with Crippen molar-refractivity contribution in [3.63, 3.8) is 0 Å². The van der Waals surface area contributed by atoms with Crippen molar-refractivity contribution in [3.8, 4) is 11.4 Å². The number of H-pyrrole nitrogens is 1. The molecule has 4 aromatic rings. The molecule has 32 heavy (non-hydrogen) atoms. The monoisotopic (exact) mass is 430 g/mol. The third-order valence-corrected chi connectivity index (χ3v) is 5.49. The van der Waals surface area contributed by atoms with E-state index in [1.807, 2.05) is 25.4 Å². The fourth-order valence-corrected chi connectivity index (χ4v) is 3.74. The van der Waals surface area contributed by atoms with Crippen molar-refractivity contribution in [2.75, 3.05) is 11.9 Å². The largest absolute Gasteiger partial charge is 0.368 e. The average Bonchev–Trinajstić information content (AvgIpc) is 3.39. The van der Waals surface area contributed by atoms with E-state index in [2.05, 4.69) is 30.9 Å². The van der Waals surface area contributed by atoms with Crippen molar-refractivity contribution in [1.29, 1.82) is 0 Å². The predicted molar refractivity (Wildman–Crippen MR) is 119 cm³/mol. The topological polar surface area (TPSA) is 144 Å². The SMILES string of the molecule is Cn1nc(-c2ccc(C(=O)NCC(N)=O)cc2)nc1Nc1ccc2[nH]ncc2c1C1CC1. The van der Waals surface area contributed by atoms with E-state index in [4.69, 9.17) is 5.73 Å².